The lowest BCUT2D eigenvalue weighted by atomic mass is 10.1. The summed E-state index contributed by atoms with van der Waals surface area (Å²) in [5.74, 6) is 0.518. The average molecular weight is 281 g/mol. The molecule has 0 aliphatic rings. The maximum Gasteiger partial charge on any atom is 0.257 e. The fraction of sp³-hybridized carbons (Fsp3) is 0.250. The molecule has 0 aliphatic carbocycles. The number of aliphatic hydroxyl groups excluding tert-OH is 1. The second kappa shape index (κ2) is 5.52. The highest BCUT2D eigenvalue weighted by molar-refractivity contribution is 7.89. The standard InChI is InChI=1S/C12H15N3O3S/c1-9-13-8-12(15-9)19(17,18)14-7-11(16)10-5-3-2-4-6-10/h2-6,8,11,14,16H,7H2,1H3,(H,13,15). The maximum absolute atomic E-state index is 11.9. The predicted molar refractivity (Wildman–Crippen MR) is 69.9 cm³/mol. The molecule has 0 amide bonds. The van der Waals surface area contributed by atoms with E-state index in [1.807, 2.05) is 6.07 Å². The second-order valence-electron chi connectivity index (χ2n) is 4.11. The van der Waals surface area contributed by atoms with Gasteiger partial charge >= 0.3 is 0 Å². The first-order valence-corrected chi connectivity index (χ1v) is 7.21. The van der Waals surface area contributed by atoms with Gasteiger partial charge in [0.1, 0.15) is 5.82 Å². The Morgan fingerprint density at radius 1 is 1.37 bits per heavy atom. The third kappa shape index (κ3) is 3.40. The lowest BCUT2D eigenvalue weighted by molar-refractivity contribution is 0.182. The summed E-state index contributed by atoms with van der Waals surface area (Å²) in [7, 11) is -3.67. The first kappa shape index (κ1) is 13.7. The normalized spacial score (nSPS) is 13.4. The molecule has 0 saturated carbocycles. The van der Waals surface area contributed by atoms with Gasteiger partial charge in [-0.25, -0.2) is 18.1 Å². The molecule has 2 rings (SSSR count). The summed E-state index contributed by atoms with van der Waals surface area (Å²) in [6.45, 7) is 1.57. The number of hydrogen-bond donors (Lipinski definition) is 3. The number of hydrogen-bond acceptors (Lipinski definition) is 4. The van der Waals surface area contributed by atoms with E-state index in [0.717, 1.165) is 0 Å². The van der Waals surface area contributed by atoms with Crippen LogP contribution in [-0.4, -0.2) is 30.0 Å². The summed E-state index contributed by atoms with van der Waals surface area (Å²) >= 11 is 0. The number of imidazole rings is 1. The molecule has 1 unspecified atom stereocenters. The molecule has 0 saturated heterocycles. The van der Waals surface area contributed by atoms with E-state index in [0.29, 0.717) is 11.4 Å². The van der Waals surface area contributed by atoms with Crippen LogP contribution in [0.3, 0.4) is 0 Å². The Balaban J connectivity index is 2.03. The molecule has 1 aromatic carbocycles. The zero-order valence-electron chi connectivity index (χ0n) is 10.4. The molecule has 2 aromatic rings. The van der Waals surface area contributed by atoms with E-state index in [1.165, 1.54) is 6.20 Å². The summed E-state index contributed by atoms with van der Waals surface area (Å²) in [6.07, 6.45) is 0.354. The number of aromatic amines is 1. The number of aliphatic hydroxyl groups is 1. The van der Waals surface area contributed by atoms with Gasteiger partial charge in [0.05, 0.1) is 12.3 Å². The molecule has 1 aromatic heterocycles. The van der Waals surface area contributed by atoms with E-state index >= 15 is 0 Å². The number of sulfonamides is 1. The third-order valence-electron chi connectivity index (χ3n) is 2.62. The molecular weight excluding hydrogens is 266 g/mol. The van der Waals surface area contributed by atoms with Crippen LogP contribution < -0.4 is 4.72 Å². The van der Waals surface area contributed by atoms with Gasteiger partial charge in [0.15, 0.2) is 5.03 Å². The van der Waals surface area contributed by atoms with Crippen molar-refractivity contribution >= 4 is 10.0 Å². The number of nitrogens with one attached hydrogen (secondary N) is 2. The number of rotatable bonds is 5. The van der Waals surface area contributed by atoms with E-state index < -0.39 is 16.1 Å². The molecule has 0 bridgehead atoms. The number of H-pyrrole nitrogens is 1. The van der Waals surface area contributed by atoms with E-state index in [1.54, 1.807) is 31.2 Å². The van der Waals surface area contributed by atoms with Crippen molar-refractivity contribution < 1.29 is 13.5 Å². The average Bonchev–Trinajstić information content (AvgIpc) is 2.85. The second-order valence-corrected chi connectivity index (χ2v) is 5.85. The molecule has 0 spiro atoms. The van der Waals surface area contributed by atoms with Crippen LogP contribution in [0.1, 0.15) is 17.5 Å². The van der Waals surface area contributed by atoms with Gasteiger partial charge in [-0.1, -0.05) is 30.3 Å². The minimum atomic E-state index is -3.67. The van der Waals surface area contributed by atoms with Crippen LogP contribution in [0.2, 0.25) is 0 Å². The molecule has 3 N–H and O–H groups in total. The highest BCUT2D eigenvalue weighted by atomic mass is 32.2. The van der Waals surface area contributed by atoms with Gasteiger partial charge in [-0.2, -0.15) is 0 Å². The summed E-state index contributed by atoms with van der Waals surface area (Å²) < 4.78 is 26.1. The van der Waals surface area contributed by atoms with Crippen LogP contribution in [0.25, 0.3) is 0 Å². The Labute approximate surface area is 111 Å². The van der Waals surface area contributed by atoms with Crippen molar-refractivity contribution in [3.8, 4) is 0 Å². The Bertz CT molecular complexity index is 637. The zero-order chi connectivity index (χ0) is 13.9. The molecule has 0 fully saturated rings. The lowest BCUT2D eigenvalue weighted by Crippen LogP contribution is -2.28. The fourth-order valence-electron chi connectivity index (χ4n) is 1.59. The van der Waals surface area contributed by atoms with Crippen molar-refractivity contribution in [3.63, 3.8) is 0 Å². The van der Waals surface area contributed by atoms with Gasteiger partial charge in [0.25, 0.3) is 10.0 Å². The van der Waals surface area contributed by atoms with Crippen LogP contribution >= 0.6 is 0 Å². The number of benzene rings is 1. The highest BCUT2D eigenvalue weighted by Gasteiger charge is 2.18. The summed E-state index contributed by atoms with van der Waals surface area (Å²) in [5, 5.41) is 9.87. The van der Waals surface area contributed by atoms with Crippen molar-refractivity contribution in [2.75, 3.05) is 6.54 Å². The van der Waals surface area contributed by atoms with Crippen LogP contribution in [0.5, 0.6) is 0 Å². The molecule has 6 nitrogen and oxygen atoms in total. The van der Waals surface area contributed by atoms with E-state index in [2.05, 4.69) is 14.7 Å². The van der Waals surface area contributed by atoms with Gasteiger partial charge in [-0.3, -0.25) is 0 Å². The summed E-state index contributed by atoms with van der Waals surface area (Å²) in [6, 6.07) is 8.86. The predicted octanol–water partition coefficient (Wildman–Crippen LogP) is 0.730. The Kier molecular flexibility index (Phi) is 3.98. The van der Waals surface area contributed by atoms with Crippen molar-refractivity contribution in [3.05, 3.63) is 47.9 Å². The first-order chi connectivity index (χ1) is 8.99. The van der Waals surface area contributed by atoms with E-state index in [4.69, 9.17) is 0 Å². The molecule has 102 valence electrons. The van der Waals surface area contributed by atoms with Gasteiger partial charge in [-0.05, 0) is 12.5 Å². The van der Waals surface area contributed by atoms with Crippen molar-refractivity contribution in [1.82, 2.24) is 14.7 Å². The Morgan fingerprint density at radius 3 is 2.63 bits per heavy atom. The minimum absolute atomic E-state index is 0.00902. The Morgan fingerprint density at radius 2 is 2.05 bits per heavy atom. The molecular formula is C12H15N3O3S. The molecule has 7 heteroatoms. The Hall–Kier alpha value is -1.70. The van der Waals surface area contributed by atoms with Crippen LogP contribution in [0, 0.1) is 6.92 Å². The van der Waals surface area contributed by atoms with Crippen LogP contribution in [-0.2, 0) is 10.0 Å². The van der Waals surface area contributed by atoms with Crippen LogP contribution in [0.15, 0.2) is 41.6 Å². The van der Waals surface area contributed by atoms with Gasteiger partial charge in [-0.15, -0.1) is 0 Å². The minimum Gasteiger partial charge on any atom is -0.387 e. The molecule has 1 heterocycles. The molecule has 1 atom stereocenters. The fourth-order valence-corrected chi connectivity index (χ4v) is 2.60. The van der Waals surface area contributed by atoms with E-state index in [9.17, 15) is 13.5 Å². The smallest absolute Gasteiger partial charge is 0.257 e. The SMILES string of the molecule is Cc1ncc(S(=O)(=O)NCC(O)c2ccccc2)[nH]1. The largest absolute Gasteiger partial charge is 0.387 e. The number of aromatic nitrogens is 2. The third-order valence-corrected chi connectivity index (χ3v) is 3.95. The molecule has 0 radical (unpaired) electrons. The first-order valence-electron chi connectivity index (χ1n) is 5.73. The molecule has 19 heavy (non-hydrogen) atoms. The summed E-state index contributed by atoms with van der Waals surface area (Å²) in [5.41, 5.74) is 0.658. The maximum atomic E-state index is 11.9. The topological polar surface area (TPSA) is 95.1 Å². The molecule has 0 aliphatic heterocycles. The quantitative estimate of drug-likeness (QED) is 0.753. The zero-order valence-corrected chi connectivity index (χ0v) is 11.2. The number of nitrogens with zero attached hydrogens (tertiary/aromatic N) is 1. The van der Waals surface area contributed by atoms with Gasteiger partial charge in [0.2, 0.25) is 0 Å². The van der Waals surface area contributed by atoms with E-state index in [-0.39, 0.29) is 11.6 Å². The highest BCUT2D eigenvalue weighted by Crippen LogP contribution is 2.12. The van der Waals surface area contributed by atoms with Crippen molar-refractivity contribution in [2.45, 2.75) is 18.1 Å². The van der Waals surface area contributed by atoms with Crippen LogP contribution in [0.4, 0.5) is 0 Å². The van der Waals surface area contributed by atoms with Gasteiger partial charge in [0, 0.05) is 6.54 Å². The summed E-state index contributed by atoms with van der Waals surface area (Å²) in [4.78, 5) is 6.47. The lowest BCUT2D eigenvalue weighted by Gasteiger charge is -2.11. The monoisotopic (exact) mass is 281 g/mol. The van der Waals surface area contributed by atoms with Gasteiger partial charge < -0.3 is 10.1 Å². The van der Waals surface area contributed by atoms with Crippen molar-refractivity contribution in [2.24, 2.45) is 0 Å². The number of aryl methyl sites for hydroxylation is 1. The van der Waals surface area contributed by atoms with Crippen molar-refractivity contribution in [1.29, 1.82) is 0 Å².